The van der Waals surface area contributed by atoms with E-state index >= 15 is 0 Å². The Labute approximate surface area is 146 Å². The van der Waals surface area contributed by atoms with Crippen LogP contribution in [0.25, 0.3) is 0 Å². The van der Waals surface area contributed by atoms with Crippen LogP contribution in [0.1, 0.15) is 31.4 Å². The second kappa shape index (κ2) is 7.49. The van der Waals surface area contributed by atoms with Gasteiger partial charge in [-0.15, -0.1) is 0 Å². The van der Waals surface area contributed by atoms with Gasteiger partial charge in [-0.2, -0.15) is 0 Å². The Balaban J connectivity index is 1.63. The minimum atomic E-state index is -0.911. The van der Waals surface area contributed by atoms with E-state index in [9.17, 15) is 19.1 Å². The van der Waals surface area contributed by atoms with Gasteiger partial charge in [0.2, 0.25) is 5.91 Å². The SMILES string of the molecule is CC(C(=O)O)N(CC(=O)N1CCOC(c2ccc(F)cc2)C1)C1CC1. The van der Waals surface area contributed by atoms with Crippen molar-refractivity contribution in [2.75, 3.05) is 26.2 Å². The maximum Gasteiger partial charge on any atom is 0.320 e. The summed E-state index contributed by atoms with van der Waals surface area (Å²) in [6, 6.07) is 5.59. The summed E-state index contributed by atoms with van der Waals surface area (Å²) in [7, 11) is 0. The van der Waals surface area contributed by atoms with Gasteiger partial charge < -0.3 is 14.7 Å². The highest BCUT2D eigenvalue weighted by molar-refractivity contribution is 5.80. The van der Waals surface area contributed by atoms with Crippen LogP contribution in [0.2, 0.25) is 0 Å². The molecule has 1 N–H and O–H groups in total. The molecule has 6 nitrogen and oxygen atoms in total. The molecule has 0 spiro atoms. The Morgan fingerprint density at radius 3 is 2.64 bits per heavy atom. The zero-order chi connectivity index (χ0) is 18.0. The first-order valence-corrected chi connectivity index (χ1v) is 8.59. The molecule has 0 radical (unpaired) electrons. The molecular weight excluding hydrogens is 327 g/mol. The van der Waals surface area contributed by atoms with E-state index in [1.807, 2.05) is 0 Å². The van der Waals surface area contributed by atoms with Gasteiger partial charge in [0.25, 0.3) is 0 Å². The number of amides is 1. The highest BCUT2D eigenvalue weighted by Crippen LogP contribution is 2.29. The van der Waals surface area contributed by atoms with Crippen LogP contribution in [0.4, 0.5) is 4.39 Å². The molecule has 2 fully saturated rings. The fourth-order valence-corrected chi connectivity index (χ4v) is 3.14. The average Bonchev–Trinajstić information content (AvgIpc) is 3.44. The average molecular weight is 350 g/mol. The Morgan fingerprint density at radius 2 is 2.04 bits per heavy atom. The van der Waals surface area contributed by atoms with Crippen LogP contribution in [0, 0.1) is 5.82 Å². The topological polar surface area (TPSA) is 70.1 Å². The van der Waals surface area contributed by atoms with E-state index in [4.69, 9.17) is 4.74 Å². The molecule has 1 aromatic carbocycles. The maximum atomic E-state index is 13.1. The zero-order valence-corrected chi connectivity index (χ0v) is 14.2. The molecule has 2 aliphatic rings. The molecule has 0 aromatic heterocycles. The van der Waals surface area contributed by atoms with E-state index in [0.29, 0.717) is 19.7 Å². The summed E-state index contributed by atoms with van der Waals surface area (Å²) in [4.78, 5) is 27.4. The molecule has 136 valence electrons. The summed E-state index contributed by atoms with van der Waals surface area (Å²) in [6.45, 7) is 3.01. The van der Waals surface area contributed by atoms with Crippen LogP contribution >= 0.6 is 0 Å². The molecule has 1 aliphatic carbocycles. The van der Waals surface area contributed by atoms with Gasteiger partial charge in [-0.05, 0) is 37.5 Å². The van der Waals surface area contributed by atoms with Crippen LogP contribution < -0.4 is 0 Å². The molecule has 7 heteroatoms. The lowest BCUT2D eigenvalue weighted by molar-refractivity contribution is -0.146. The van der Waals surface area contributed by atoms with Crippen LogP contribution in [-0.2, 0) is 14.3 Å². The molecule has 2 unspecified atom stereocenters. The quantitative estimate of drug-likeness (QED) is 0.845. The van der Waals surface area contributed by atoms with E-state index < -0.39 is 12.0 Å². The zero-order valence-electron chi connectivity index (χ0n) is 14.2. The Morgan fingerprint density at radius 1 is 1.36 bits per heavy atom. The molecule has 0 bridgehead atoms. The van der Waals surface area contributed by atoms with Gasteiger partial charge >= 0.3 is 5.97 Å². The van der Waals surface area contributed by atoms with E-state index in [1.165, 1.54) is 12.1 Å². The lowest BCUT2D eigenvalue weighted by atomic mass is 10.1. The minimum Gasteiger partial charge on any atom is -0.480 e. The van der Waals surface area contributed by atoms with Crippen LogP contribution in [0.3, 0.4) is 0 Å². The number of carbonyl (C=O) groups excluding carboxylic acids is 1. The third kappa shape index (κ3) is 4.35. The van der Waals surface area contributed by atoms with Crippen LogP contribution in [0.15, 0.2) is 24.3 Å². The minimum absolute atomic E-state index is 0.0876. The molecule has 1 heterocycles. The summed E-state index contributed by atoms with van der Waals surface area (Å²) in [5.74, 6) is -1.31. The number of ether oxygens (including phenoxy) is 1. The van der Waals surface area contributed by atoms with Crippen molar-refractivity contribution in [1.29, 1.82) is 0 Å². The largest absolute Gasteiger partial charge is 0.480 e. The van der Waals surface area contributed by atoms with Crippen molar-refractivity contribution in [3.05, 3.63) is 35.6 Å². The normalized spacial score (nSPS) is 22.0. The summed E-state index contributed by atoms with van der Waals surface area (Å²) in [5.41, 5.74) is 0.830. The van der Waals surface area contributed by atoms with Gasteiger partial charge in [-0.25, -0.2) is 4.39 Å². The first-order valence-electron chi connectivity index (χ1n) is 8.59. The predicted octanol–water partition coefficient (Wildman–Crippen LogP) is 1.66. The van der Waals surface area contributed by atoms with Crippen molar-refractivity contribution in [3.63, 3.8) is 0 Å². The number of carboxylic acid groups (broad SMARTS) is 1. The number of rotatable bonds is 6. The van der Waals surface area contributed by atoms with E-state index in [1.54, 1.807) is 28.9 Å². The molecule has 1 aromatic rings. The number of halogens is 1. The smallest absolute Gasteiger partial charge is 0.320 e. The number of aliphatic carboxylic acids is 1. The molecule has 1 amide bonds. The second-order valence-electron chi connectivity index (χ2n) is 6.67. The van der Waals surface area contributed by atoms with E-state index in [2.05, 4.69) is 0 Å². The van der Waals surface area contributed by atoms with Crippen molar-refractivity contribution in [3.8, 4) is 0 Å². The Hall–Kier alpha value is -1.99. The lowest BCUT2D eigenvalue weighted by Crippen LogP contribution is -2.50. The fourth-order valence-electron chi connectivity index (χ4n) is 3.14. The molecule has 3 rings (SSSR count). The second-order valence-corrected chi connectivity index (χ2v) is 6.67. The molecule has 1 aliphatic heterocycles. The van der Waals surface area contributed by atoms with Crippen molar-refractivity contribution in [1.82, 2.24) is 9.80 Å². The van der Waals surface area contributed by atoms with Crippen LogP contribution in [-0.4, -0.2) is 65.1 Å². The number of morpholine rings is 1. The van der Waals surface area contributed by atoms with Crippen molar-refractivity contribution in [2.24, 2.45) is 0 Å². The molecule has 25 heavy (non-hydrogen) atoms. The van der Waals surface area contributed by atoms with Gasteiger partial charge in [0.15, 0.2) is 0 Å². The van der Waals surface area contributed by atoms with Crippen molar-refractivity contribution < 1.29 is 23.8 Å². The first-order chi connectivity index (χ1) is 12.0. The summed E-state index contributed by atoms with van der Waals surface area (Å²) >= 11 is 0. The number of hydrogen-bond donors (Lipinski definition) is 1. The summed E-state index contributed by atoms with van der Waals surface area (Å²) in [5, 5.41) is 9.25. The third-order valence-corrected chi connectivity index (χ3v) is 4.85. The van der Waals surface area contributed by atoms with Gasteiger partial charge in [0.05, 0.1) is 19.7 Å². The van der Waals surface area contributed by atoms with Crippen LogP contribution in [0.5, 0.6) is 0 Å². The van der Waals surface area contributed by atoms with E-state index in [0.717, 1.165) is 18.4 Å². The standard InChI is InChI=1S/C18H23FN2O4/c1-12(18(23)24)21(15-6-7-15)11-17(22)20-8-9-25-16(10-20)13-2-4-14(19)5-3-13/h2-5,12,15-16H,6-11H2,1H3,(H,23,24). The van der Waals surface area contributed by atoms with E-state index in [-0.39, 0.29) is 30.4 Å². The van der Waals surface area contributed by atoms with Crippen molar-refractivity contribution >= 4 is 11.9 Å². The summed E-state index contributed by atoms with van der Waals surface area (Å²) in [6.07, 6.45) is 1.59. The lowest BCUT2D eigenvalue weighted by Gasteiger charge is -2.35. The predicted molar refractivity (Wildman–Crippen MR) is 88.5 cm³/mol. The fraction of sp³-hybridized carbons (Fsp3) is 0.556. The number of carbonyl (C=O) groups is 2. The van der Waals surface area contributed by atoms with Gasteiger partial charge in [-0.3, -0.25) is 14.5 Å². The van der Waals surface area contributed by atoms with Gasteiger partial charge in [0.1, 0.15) is 18.0 Å². The van der Waals surface area contributed by atoms with Crippen molar-refractivity contribution in [2.45, 2.75) is 38.0 Å². The third-order valence-electron chi connectivity index (χ3n) is 4.85. The molecular formula is C18H23FN2O4. The Bertz CT molecular complexity index is 632. The maximum absolute atomic E-state index is 13.1. The highest BCUT2D eigenvalue weighted by Gasteiger charge is 2.37. The Kier molecular flexibility index (Phi) is 5.34. The molecule has 1 saturated carbocycles. The highest BCUT2D eigenvalue weighted by atomic mass is 19.1. The monoisotopic (exact) mass is 350 g/mol. The van der Waals surface area contributed by atoms with Gasteiger partial charge in [0, 0.05) is 12.6 Å². The number of carboxylic acids is 1. The molecule has 1 saturated heterocycles. The van der Waals surface area contributed by atoms with Gasteiger partial charge in [-0.1, -0.05) is 12.1 Å². The molecule has 2 atom stereocenters. The number of benzene rings is 1. The number of hydrogen-bond acceptors (Lipinski definition) is 4. The summed E-state index contributed by atoms with van der Waals surface area (Å²) < 4.78 is 18.8. The number of nitrogens with zero attached hydrogens (tertiary/aromatic N) is 2. The first kappa shape index (κ1) is 17.8.